The number of nitriles is 1. The SMILES string of the molecule is CC(CCO)SC(CC#N)c1ccccc1. The first-order valence-electron chi connectivity index (χ1n) is 5.46. The average Bonchev–Trinajstić information content (AvgIpc) is 2.30. The van der Waals surface area contributed by atoms with Crippen molar-refractivity contribution >= 4 is 11.8 Å². The summed E-state index contributed by atoms with van der Waals surface area (Å²) in [6.07, 6.45) is 1.30. The third kappa shape index (κ3) is 4.26. The number of thioether (sulfide) groups is 1. The van der Waals surface area contributed by atoms with Crippen LogP contribution >= 0.6 is 11.8 Å². The molecule has 2 nitrogen and oxygen atoms in total. The second-order valence-corrected chi connectivity index (χ2v) is 5.37. The number of hydrogen-bond donors (Lipinski definition) is 1. The van der Waals surface area contributed by atoms with Gasteiger partial charge in [0.15, 0.2) is 0 Å². The van der Waals surface area contributed by atoms with Crippen molar-refractivity contribution in [2.45, 2.75) is 30.3 Å². The van der Waals surface area contributed by atoms with E-state index in [-0.39, 0.29) is 11.9 Å². The Labute approximate surface area is 101 Å². The second-order valence-electron chi connectivity index (χ2n) is 3.72. The Morgan fingerprint density at radius 3 is 2.62 bits per heavy atom. The summed E-state index contributed by atoms with van der Waals surface area (Å²) in [7, 11) is 0. The molecule has 1 N–H and O–H groups in total. The van der Waals surface area contributed by atoms with Crippen molar-refractivity contribution in [1.29, 1.82) is 5.26 Å². The van der Waals surface area contributed by atoms with Crippen molar-refractivity contribution in [3.05, 3.63) is 35.9 Å². The van der Waals surface area contributed by atoms with Crippen LogP contribution in [0.2, 0.25) is 0 Å². The molecule has 2 atom stereocenters. The van der Waals surface area contributed by atoms with Crippen LogP contribution in [-0.2, 0) is 0 Å². The summed E-state index contributed by atoms with van der Waals surface area (Å²) in [4.78, 5) is 0. The summed E-state index contributed by atoms with van der Waals surface area (Å²) in [6, 6.07) is 12.3. The first-order valence-corrected chi connectivity index (χ1v) is 6.40. The molecule has 86 valence electrons. The number of aliphatic hydroxyl groups is 1. The first kappa shape index (κ1) is 13.1. The Bertz CT molecular complexity index is 334. The highest BCUT2D eigenvalue weighted by Gasteiger charge is 2.15. The summed E-state index contributed by atoms with van der Waals surface area (Å²) in [5.74, 6) is 0. The van der Waals surface area contributed by atoms with Gasteiger partial charge in [0.1, 0.15) is 0 Å². The summed E-state index contributed by atoms with van der Waals surface area (Å²) in [6.45, 7) is 2.30. The van der Waals surface area contributed by atoms with Gasteiger partial charge in [-0.1, -0.05) is 37.3 Å². The van der Waals surface area contributed by atoms with Crippen LogP contribution in [0.5, 0.6) is 0 Å². The fraction of sp³-hybridized carbons (Fsp3) is 0.462. The van der Waals surface area contributed by atoms with E-state index in [0.717, 1.165) is 6.42 Å². The molecule has 0 aliphatic rings. The molecule has 1 aromatic rings. The molecule has 0 radical (unpaired) electrons. The zero-order chi connectivity index (χ0) is 11.8. The molecule has 2 unspecified atom stereocenters. The van der Waals surface area contributed by atoms with Crippen molar-refractivity contribution in [2.24, 2.45) is 0 Å². The fourth-order valence-corrected chi connectivity index (χ4v) is 2.81. The third-order valence-electron chi connectivity index (χ3n) is 2.38. The number of nitrogens with zero attached hydrogens (tertiary/aromatic N) is 1. The van der Waals surface area contributed by atoms with Gasteiger partial charge in [-0.3, -0.25) is 0 Å². The lowest BCUT2D eigenvalue weighted by Gasteiger charge is -2.18. The second kappa shape index (κ2) is 7.32. The molecule has 0 fully saturated rings. The van der Waals surface area contributed by atoms with Gasteiger partial charge < -0.3 is 5.11 Å². The van der Waals surface area contributed by atoms with Gasteiger partial charge >= 0.3 is 0 Å². The minimum Gasteiger partial charge on any atom is -0.396 e. The van der Waals surface area contributed by atoms with E-state index in [0.29, 0.717) is 11.7 Å². The molecule has 16 heavy (non-hydrogen) atoms. The Hall–Kier alpha value is -0.980. The van der Waals surface area contributed by atoms with Gasteiger partial charge in [-0.25, -0.2) is 0 Å². The van der Waals surface area contributed by atoms with Crippen LogP contribution in [0.4, 0.5) is 0 Å². The molecule has 0 saturated heterocycles. The Kier molecular flexibility index (Phi) is 5.99. The van der Waals surface area contributed by atoms with E-state index in [1.807, 2.05) is 18.2 Å². The lowest BCUT2D eigenvalue weighted by Crippen LogP contribution is -2.04. The van der Waals surface area contributed by atoms with Crippen molar-refractivity contribution in [1.82, 2.24) is 0 Å². The quantitative estimate of drug-likeness (QED) is 0.823. The summed E-state index contributed by atoms with van der Waals surface area (Å²) < 4.78 is 0. The standard InChI is InChI=1S/C13H17NOS/c1-11(8-10-15)16-13(7-9-14)12-5-3-2-4-6-12/h2-6,11,13,15H,7-8,10H2,1H3. The zero-order valence-corrected chi connectivity index (χ0v) is 10.3. The highest BCUT2D eigenvalue weighted by molar-refractivity contribution is 8.00. The van der Waals surface area contributed by atoms with Gasteiger partial charge in [-0.2, -0.15) is 5.26 Å². The van der Waals surface area contributed by atoms with Crippen molar-refractivity contribution in [3.63, 3.8) is 0 Å². The minimum absolute atomic E-state index is 0.211. The highest BCUT2D eigenvalue weighted by Crippen LogP contribution is 2.35. The van der Waals surface area contributed by atoms with Crippen molar-refractivity contribution < 1.29 is 5.11 Å². The van der Waals surface area contributed by atoms with Gasteiger partial charge in [-0.15, -0.1) is 11.8 Å². The number of hydrogen-bond acceptors (Lipinski definition) is 3. The van der Waals surface area contributed by atoms with Crippen LogP contribution in [0.25, 0.3) is 0 Å². The predicted molar refractivity (Wildman–Crippen MR) is 68.2 cm³/mol. The van der Waals surface area contributed by atoms with Crippen LogP contribution in [0, 0.1) is 11.3 Å². The molecule has 1 rings (SSSR count). The van der Waals surface area contributed by atoms with E-state index in [1.54, 1.807) is 11.8 Å². The predicted octanol–water partition coefficient (Wildman–Crippen LogP) is 3.15. The molecule has 1 aromatic carbocycles. The van der Waals surface area contributed by atoms with Crippen LogP contribution in [-0.4, -0.2) is 17.0 Å². The van der Waals surface area contributed by atoms with Crippen molar-refractivity contribution in [2.75, 3.05) is 6.61 Å². The third-order valence-corrected chi connectivity index (χ3v) is 3.85. The first-order chi connectivity index (χ1) is 7.77. The van der Waals surface area contributed by atoms with E-state index in [1.165, 1.54) is 5.56 Å². The van der Waals surface area contributed by atoms with Gasteiger partial charge in [0.05, 0.1) is 12.5 Å². The van der Waals surface area contributed by atoms with Crippen molar-refractivity contribution in [3.8, 4) is 6.07 Å². The van der Waals surface area contributed by atoms with Crippen LogP contribution in [0.3, 0.4) is 0 Å². The maximum Gasteiger partial charge on any atom is 0.0636 e. The van der Waals surface area contributed by atoms with E-state index in [4.69, 9.17) is 10.4 Å². The highest BCUT2D eigenvalue weighted by atomic mass is 32.2. The molecule has 0 bridgehead atoms. The summed E-state index contributed by atoms with van der Waals surface area (Å²) >= 11 is 1.76. The van der Waals surface area contributed by atoms with Crippen LogP contribution < -0.4 is 0 Å². The molecule has 0 spiro atoms. The van der Waals surface area contributed by atoms with Gasteiger partial charge in [0.25, 0.3) is 0 Å². The molecule has 0 saturated carbocycles. The topological polar surface area (TPSA) is 44.0 Å². The van der Waals surface area contributed by atoms with Crippen LogP contribution in [0.15, 0.2) is 30.3 Å². The van der Waals surface area contributed by atoms with Gasteiger partial charge in [-0.05, 0) is 12.0 Å². The summed E-state index contributed by atoms with van der Waals surface area (Å²) in [5, 5.41) is 18.3. The molecule has 0 heterocycles. The fourth-order valence-electron chi connectivity index (χ4n) is 1.53. The minimum atomic E-state index is 0.211. The number of benzene rings is 1. The molecule has 0 aliphatic carbocycles. The zero-order valence-electron chi connectivity index (χ0n) is 9.47. The maximum atomic E-state index is 8.87. The molecular formula is C13H17NOS. The monoisotopic (exact) mass is 235 g/mol. The maximum absolute atomic E-state index is 8.87. The Morgan fingerprint density at radius 1 is 1.38 bits per heavy atom. The molecule has 0 amide bonds. The normalized spacial score (nSPS) is 14.1. The largest absolute Gasteiger partial charge is 0.396 e. The van der Waals surface area contributed by atoms with E-state index in [9.17, 15) is 0 Å². The van der Waals surface area contributed by atoms with Gasteiger partial charge in [0, 0.05) is 17.1 Å². The van der Waals surface area contributed by atoms with E-state index >= 15 is 0 Å². The molecule has 3 heteroatoms. The van der Waals surface area contributed by atoms with Crippen LogP contribution in [0.1, 0.15) is 30.6 Å². The lowest BCUT2D eigenvalue weighted by atomic mass is 10.1. The Balaban J connectivity index is 2.65. The lowest BCUT2D eigenvalue weighted by molar-refractivity contribution is 0.289. The van der Waals surface area contributed by atoms with Gasteiger partial charge in [0.2, 0.25) is 0 Å². The Morgan fingerprint density at radius 2 is 2.06 bits per heavy atom. The smallest absolute Gasteiger partial charge is 0.0636 e. The van der Waals surface area contributed by atoms with E-state index < -0.39 is 0 Å². The number of aliphatic hydroxyl groups excluding tert-OH is 1. The molecular weight excluding hydrogens is 218 g/mol. The average molecular weight is 235 g/mol. The summed E-state index contributed by atoms with van der Waals surface area (Å²) in [5.41, 5.74) is 1.19. The molecule has 0 aliphatic heterocycles. The van der Waals surface area contributed by atoms with E-state index in [2.05, 4.69) is 25.1 Å². The molecule has 0 aromatic heterocycles. The number of rotatable bonds is 6.